The van der Waals surface area contributed by atoms with Gasteiger partial charge in [-0.3, -0.25) is 4.79 Å². The highest BCUT2D eigenvalue weighted by Gasteiger charge is 2.42. The van der Waals surface area contributed by atoms with Crippen molar-refractivity contribution in [2.24, 2.45) is 5.92 Å². The number of hydrogen-bond acceptors (Lipinski definition) is 6. The first kappa shape index (κ1) is 26.8. The Morgan fingerprint density at radius 3 is 2.63 bits per heavy atom. The van der Waals surface area contributed by atoms with Gasteiger partial charge in [0.25, 0.3) is 0 Å². The van der Waals surface area contributed by atoms with Crippen LogP contribution in [0.1, 0.15) is 43.7 Å². The van der Waals surface area contributed by atoms with Crippen LogP contribution in [0.5, 0.6) is 5.75 Å². The molecule has 0 unspecified atom stereocenters. The maximum Gasteiger partial charge on any atom is 0.410 e. The van der Waals surface area contributed by atoms with Gasteiger partial charge in [-0.05, 0) is 57.5 Å². The molecule has 0 aliphatic carbocycles. The van der Waals surface area contributed by atoms with E-state index < -0.39 is 17.6 Å². The van der Waals surface area contributed by atoms with Gasteiger partial charge in [-0.1, -0.05) is 30.3 Å². The van der Waals surface area contributed by atoms with Gasteiger partial charge in [0.15, 0.2) is 0 Å². The molecule has 4 rings (SSSR count). The van der Waals surface area contributed by atoms with Crippen LogP contribution in [-0.2, 0) is 16.0 Å². The largest absolute Gasteiger partial charge is 0.493 e. The minimum atomic E-state index is -0.654. The molecule has 1 saturated heterocycles. The second-order valence-corrected chi connectivity index (χ2v) is 10.3. The number of ketones is 1. The number of ether oxygens (including phenoxy) is 2. The van der Waals surface area contributed by atoms with Gasteiger partial charge in [0.1, 0.15) is 17.1 Å². The molecule has 0 spiro atoms. The molecule has 1 fully saturated rings. The quantitative estimate of drug-likeness (QED) is 0.234. The number of hydrogen-bond donors (Lipinski definition) is 0. The van der Waals surface area contributed by atoms with Gasteiger partial charge in [0.2, 0.25) is 11.7 Å². The lowest BCUT2D eigenvalue weighted by atomic mass is 9.86. The van der Waals surface area contributed by atoms with Crippen molar-refractivity contribution >= 4 is 18.1 Å². The van der Waals surface area contributed by atoms with Crippen molar-refractivity contribution in [3.05, 3.63) is 77.1 Å². The Morgan fingerprint density at radius 1 is 1.16 bits per heavy atom. The Balaban J connectivity index is 1.45. The molecule has 0 N–H and O–H groups in total. The van der Waals surface area contributed by atoms with E-state index in [0.717, 1.165) is 28.8 Å². The number of oxazole rings is 1. The minimum Gasteiger partial charge on any atom is -0.493 e. The van der Waals surface area contributed by atoms with E-state index in [4.69, 9.17) is 19.4 Å². The Kier molecular flexibility index (Phi) is 8.08. The van der Waals surface area contributed by atoms with E-state index in [1.807, 2.05) is 61.5 Å². The zero-order valence-corrected chi connectivity index (χ0v) is 22.1. The van der Waals surface area contributed by atoms with Crippen molar-refractivity contribution in [2.45, 2.75) is 45.6 Å². The lowest BCUT2D eigenvalue weighted by molar-refractivity contribution is -0.119. The number of carbonyl (C=O) groups excluding carboxylic acids is 2. The Labute approximate surface area is 222 Å². The van der Waals surface area contributed by atoms with Crippen molar-refractivity contribution in [1.29, 1.82) is 0 Å². The standard InChI is InChI=1S/C29H32N4O5/c1-19-25(32-27(37-19)20-9-6-5-7-10-20)13-14-36-22-12-8-11-21(15-22)23-17-33(28(35)38-29(2,3)4)18-24(23)26(34)16-31-30/h5-12,15-16,23-24H,13-14,17-18H2,1-4H3/t23-,24+/m0/s1. The summed E-state index contributed by atoms with van der Waals surface area (Å²) in [5.41, 5.74) is 10.9. The highest BCUT2D eigenvalue weighted by atomic mass is 16.6. The summed E-state index contributed by atoms with van der Waals surface area (Å²) in [5.74, 6) is 0.750. The monoisotopic (exact) mass is 516 g/mol. The van der Waals surface area contributed by atoms with Crippen molar-refractivity contribution in [1.82, 2.24) is 9.88 Å². The second kappa shape index (κ2) is 11.4. The summed E-state index contributed by atoms with van der Waals surface area (Å²) >= 11 is 0. The predicted molar refractivity (Wildman–Crippen MR) is 141 cm³/mol. The summed E-state index contributed by atoms with van der Waals surface area (Å²) in [6, 6.07) is 17.2. The van der Waals surface area contributed by atoms with Crippen LogP contribution in [0.25, 0.3) is 17.0 Å². The molecular formula is C29H32N4O5. The fourth-order valence-electron chi connectivity index (χ4n) is 4.52. The molecule has 0 saturated carbocycles. The summed E-state index contributed by atoms with van der Waals surface area (Å²) in [4.78, 5) is 34.4. The Morgan fingerprint density at radius 2 is 1.92 bits per heavy atom. The van der Waals surface area contributed by atoms with Crippen molar-refractivity contribution in [3.8, 4) is 17.2 Å². The van der Waals surface area contributed by atoms with E-state index in [-0.39, 0.29) is 18.2 Å². The molecule has 0 bridgehead atoms. The third-order valence-electron chi connectivity index (χ3n) is 6.33. The normalized spacial score (nSPS) is 17.1. The highest BCUT2D eigenvalue weighted by molar-refractivity contribution is 6.26. The molecule has 1 amide bonds. The van der Waals surface area contributed by atoms with Crippen LogP contribution in [0.3, 0.4) is 0 Å². The fourth-order valence-corrected chi connectivity index (χ4v) is 4.52. The molecule has 9 nitrogen and oxygen atoms in total. The average Bonchev–Trinajstić information content (AvgIpc) is 3.49. The second-order valence-electron chi connectivity index (χ2n) is 10.3. The zero-order chi connectivity index (χ0) is 27.3. The number of nitrogens with zero attached hydrogens (tertiary/aromatic N) is 4. The summed E-state index contributed by atoms with van der Waals surface area (Å²) < 4.78 is 17.4. The SMILES string of the molecule is Cc1oc(-c2ccccc2)nc1CCOc1cccc([C@@H]2CN(C(=O)OC(C)(C)C)C[C@H]2C(=O)C=[N+]=[N-])c1. The molecular weight excluding hydrogens is 484 g/mol. The van der Waals surface area contributed by atoms with Crippen molar-refractivity contribution in [3.63, 3.8) is 0 Å². The molecule has 9 heteroatoms. The maximum atomic E-state index is 12.7. The number of rotatable bonds is 8. The van der Waals surface area contributed by atoms with Gasteiger partial charge in [0.05, 0.1) is 18.2 Å². The predicted octanol–water partition coefficient (Wildman–Crippen LogP) is 5.09. The van der Waals surface area contributed by atoms with Crippen LogP contribution in [0, 0.1) is 12.8 Å². The molecule has 1 aromatic heterocycles. The molecule has 38 heavy (non-hydrogen) atoms. The number of aryl methyl sites for hydroxylation is 1. The lowest BCUT2D eigenvalue weighted by Gasteiger charge is -2.24. The minimum absolute atomic E-state index is 0.171. The van der Waals surface area contributed by atoms with Crippen LogP contribution < -0.4 is 4.74 Å². The third kappa shape index (κ3) is 6.55. The summed E-state index contributed by atoms with van der Waals surface area (Å²) in [6.45, 7) is 8.13. The number of carbonyl (C=O) groups is 2. The van der Waals surface area contributed by atoms with Crippen LogP contribution in [0.15, 0.2) is 59.0 Å². The number of amides is 1. The summed E-state index contributed by atoms with van der Waals surface area (Å²) in [7, 11) is 0. The van der Waals surface area contributed by atoms with E-state index in [2.05, 4.69) is 9.77 Å². The molecule has 2 aromatic carbocycles. The van der Waals surface area contributed by atoms with E-state index in [1.165, 1.54) is 4.90 Å². The molecule has 0 radical (unpaired) electrons. The van der Waals surface area contributed by atoms with Gasteiger partial charge in [-0.15, -0.1) is 0 Å². The highest BCUT2D eigenvalue weighted by Crippen LogP contribution is 2.35. The van der Waals surface area contributed by atoms with Crippen LogP contribution in [0.2, 0.25) is 0 Å². The lowest BCUT2D eigenvalue weighted by Crippen LogP contribution is -2.36. The smallest absolute Gasteiger partial charge is 0.410 e. The number of benzene rings is 2. The van der Waals surface area contributed by atoms with Crippen LogP contribution in [0.4, 0.5) is 4.79 Å². The molecule has 198 valence electrons. The maximum absolute atomic E-state index is 12.7. The topological polar surface area (TPSA) is 118 Å². The van der Waals surface area contributed by atoms with Gasteiger partial charge in [0, 0.05) is 31.0 Å². The zero-order valence-electron chi connectivity index (χ0n) is 22.1. The molecule has 1 aliphatic heterocycles. The van der Waals surface area contributed by atoms with Gasteiger partial charge in [-0.2, -0.15) is 4.79 Å². The van der Waals surface area contributed by atoms with E-state index in [9.17, 15) is 9.59 Å². The molecule has 2 heterocycles. The van der Waals surface area contributed by atoms with Crippen molar-refractivity contribution in [2.75, 3.05) is 19.7 Å². The van der Waals surface area contributed by atoms with E-state index in [1.54, 1.807) is 20.8 Å². The first-order valence-corrected chi connectivity index (χ1v) is 12.6. The van der Waals surface area contributed by atoms with Gasteiger partial charge >= 0.3 is 12.3 Å². The fraction of sp³-hybridized carbons (Fsp3) is 0.379. The number of likely N-dealkylation sites (tertiary alicyclic amines) is 1. The number of Topliss-reactive ketones (excluding diaryl/α,β-unsaturated/α-hetero) is 1. The Hall–Kier alpha value is -4.23. The van der Waals surface area contributed by atoms with Gasteiger partial charge in [-0.25, -0.2) is 9.78 Å². The van der Waals surface area contributed by atoms with E-state index >= 15 is 0 Å². The summed E-state index contributed by atoms with van der Waals surface area (Å²) in [6.07, 6.45) is 0.973. The van der Waals surface area contributed by atoms with Gasteiger partial charge < -0.3 is 24.3 Å². The molecule has 1 aliphatic rings. The van der Waals surface area contributed by atoms with E-state index in [0.29, 0.717) is 31.2 Å². The van der Waals surface area contributed by atoms with Crippen molar-refractivity contribution < 1.29 is 28.3 Å². The molecule has 2 atom stereocenters. The summed E-state index contributed by atoms with van der Waals surface area (Å²) in [5, 5.41) is 0. The first-order chi connectivity index (χ1) is 18.1. The average molecular weight is 517 g/mol. The first-order valence-electron chi connectivity index (χ1n) is 12.6. The molecule has 3 aromatic rings. The van der Waals surface area contributed by atoms with Crippen LogP contribution in [-0.4, -0.2) is 58.1 Å². The Bertz CT molecular complexity index is 1340. The third-order valence-corrected chi connectivity index (χ3v) is 6.33. The van der Waals surface area contributed by atoms with Crippen LogP contribution >= 0.6 is 0 Å². The number of aromatic nitrogens is 1.